The Kier molecular flexibility index (Phi) is 4.41. The smallest absolute Gasteiger partial charge is 0.268 e. The van der Waals surface area contributed by atoms with E-state index in [4.69, 9.17) is 5.73 Å². The van der Waals surface area contributed by atoms with Gasteiger partial charge in [0.15, 0.2) is 0 Å². The average Bonchev–Trinajstić information content (AvgIpc) is 2.68. The number of hydrogen-bond acceptors (Lipinski definition) is 4. The summed E-state index contributed by atoms with van der Waals surface area (Å²) in [6.45, 7) is 3.89. The molecule has 2 aromatic carbocycles. The van der Waals surface area contributed by atoms with Crippen LogP contribution in [-0.2, 0) is 0 Å². The molecule has 6 nitrogen and oxygen atoms in total. The molecule has 2 heterocycles. The van der Waals surface area contributed by atoms with Crippen LogP contribution in [0.1, 0.15) is 10.4 Å². The summed E-state index contributed by atoms with van der Waals surface area (Å²) in [5, 5.41) is 0.802. The van der Waals surface area contributed by atoms with E-state index < -0.39 is 11.5 Å². The Hall–Kier alpha value is -3.12. The fourth-order valence-electron chi connectivity index (χ4n) is 3.59. The zero-order valence-electron chi connectivity index (χ0n) is 15.3. The van der Waals surface area contributed by atoms with Crippen molar-refractivity contribution in [1.29, 1.82) is 0 Å². The van der Waals surface area contributed by atoms with Crippen LogP contribution in [0.25, 0.3) is 16.6 Å². The van der Waals surface area contributed by atoms with Crippen molar-refractivity contribution >= 4 is 22.5 Å². The lowest BCUT2D eigenvalue weighted by atomic mass is 10.1. The van der Waals surface area contributed by atoms with Crippen molar-refractivity contribution in [2.24, 2.45) is 5.73 Å². The van der Waals surface area contributed by atoms with Crippen molar-refractivity contribution in [2.45, 2.75) is 0 Å². The molecule has 1 aliphatic heterocycles. The van der Waals surface area contributed by atoms with Gasteiger partial charge < -0.3 is 15.5 Å². The second kappa shape index (κ2) is 6.89. The quantitative estimate of drug-likeness (QED) is 0.772. The number of hydrogen-bond donors (Lipinski definition) is 1. The third kappa shape index (κ3) is 3.19. The van der Waals surface area contributed by atoms with Gasteiger partial charge in [-0.1, -0.05) is 24.3 Å². The summed E-state index contributed by atoms with van der Waals surface area (Å²) in [7, 11) is 2.12. The molecule has 0 unspecified atom stereocenters. The maximum Gasteiger partial charge on any atom is 0.268 e. The highest BCUT2D eigenvalue weighted by Crippen LogP contribution is 2.23. The minimum Gasteiger partial charge on any atom is -0.369 e. The van der Waals surface area contributed by atoms with E-state index in [1.807, 2.05) is 42.5 Å². The average molecular weight is 362 g/mol. The first-order chi connectivity index (χ1) is 13.0. The van der Waals surface area contributed by atoms with Crippen LogP contribution in [-0.4, -0.2) is 48.6 Å². The summed E-state index contributed by atoms with van der Waals surface area (Å²) in [5.41, 5.74) is 7.61. The third-order valence-corrected chi connectivity index (χ3v) is 5.13. The van der Waals surface area contributed by atoms with Gasteiger partial charge in [-0.25, -0.2) is 0 Å². The van der Waals surface area contributed by atoms with E-state index in [1.165, 1.54) is 0 Å². The number of carbonyl (C=O) groups excluding carboxylic acids is 1. The molecule has 1 saturated heterocycles. The molecule has 1 fully saturated rings. The molecular formula is C21H22N4O2. The molecule has 3 aromatic rings. The first kappa shape index (κ1) is 17.3. The number of anilines is 1. The summed E-state index contributed by atoms with van der Waals surface area (Å²) in [4.78, 5) is 29.4. The highest BCUT2D eigenvalue weighted by atomic mass is 16.2. The molecule has 6 heteroatoms. The van der Waals surface area contributed by atoms with Crippen LogP contribution in [0, 0.1) is 0 Å². The second-order valence-corrected chi connectivity index (χ2v) is 6.93. The molecule has 4 rings (SSSR count). The minimum atomic E-state index is -0.713. The predicted molar refractivity (Wildman–Crippen MR) is 108 cm³/mol. The lowest BCUT2D eigenvalue weighted by Crippen LogP contribution is -2.44. The molecule has 0 radical (unpaired) electrons. The summed E-state index contributed by atoms with van der Waals surface area (Å²) < 4.78 is 1.58. The van der Waals surface area contributed by atoms with Gasteiger partial charge in [-0.05, 0) is 42.8 Å². The van der Waals surface area contributed by atoms with Crippen LogP contribution in [0.4, 0.5) is 5.69 Å². The Morgan fingerprint density at radius 3 is 2.37 bits per heavy atom. The van der Waals surface area contributed by atoms with Crippen molar-refractivity contribution in [3.8, 4) is 5.69 Å². The highest BCUT2D eigenvalue weighted by Gasteiger charge is 2.17. The molecule has 0 bridgehead atoms. The van der Waals surface area contributed by atoms with Crippen LogP contribution >= 0.6 is 0 Å². The molecule has 138 valence electrons. The number of carbonyl (C=O) groups is 1. The van der Waals surface area contributed by atoms with Gasteiger partial charge in [-0.2, -0.15) is 0 Å². The number of fused-ring (bicyclic) bond motifs is 1. The number of amides is 1. The molecule has 0 aliphatic carbocycles. The molecule has 27 heavy (non-hydrogen) atoms. The van der Waals surface area contributed by atoms with Crippen LogP contribution in [0.3, 0.4) is 0 Å². The Morgan fingerprint density at radius 1 is 0.926 bits per heavy atom. The molecule has 0 saturated carbocycles. The molecule has 1 aliphatic rings. The topological polar surface area (TPSA) is 71.6 Å². The third-order valence-electron chi connectivity index (χ3n) is 5.13. The molecular weight excluding hydrogens is 340 g/mol. The first-order valence-corrected chi connectivity index (χ1v) is 9.03. The van der Waals surface area contributed by atoms with E-state index in [0.717, 1.165) is 48.5 Å². The summed E-state index contributed by atoms with van der Waals surface area (Å²) in [6.07, 6.45) is 0. The maximum absolute atomic E-state index is 13.0. The monoisotopic (exact) mass is 362 g/mol. The van der Waals surface area contributed by atoms with Gasteiger partial charge in [-0.15, -0.1) is 0 Å². The Labute approximate surface area is 157 Å². The van der Waals surface area contributed by atoms with E-state index in [9.17, 15) is 9.59 Å². The van der Waals surface area contributed by atoms with Gasteiger partial charge in [-0.3, -0.25) is 14.2 Å². The lowest BCUT2D eigenvalue weighted by molar-refractivity contribution is 0.0999. The number of para-hydroxylation sites is 1. The molecule has 2 N–H and O–H groups in total. The largest absolute Gasteiger partial charge is 0.369 e. The van der Waals surface area contributed by atoms with Crippen molar-refractivity contribution < 1.29 is 4.79 Å². The van der Waals surface area contributed by atoms with Crippen molar-refractivity contribution in [3.05, 3.63) is 70.5 Å². The van der Waals surface area contributed by atoms with Crippen LogP contribution in [0.2, 0.25) is 0 Å². The zero-order valence-corrected chi connectivity index (χ0v) is 15.3. The summed E-state index contributed by atoms with van der Waals surface area (Å²) >= 11 is 0. The number of primary amides is 1. The maximum atomic E-state index is 13.0. The standard InChI is InChI=1S/C21H22N4O2/c1-23-9-11-24(12-10-23)16-6-4-7-17(14-16)25-19-8-3-2-5-15(19)13-18(20(22)26)21(25)27/h2-8,13-14H,9-12H2,1H3,(H2,22,26). The minimum absolute atomic E-state index is 0.00120. The van der Waals surface area contributed by atoms with E-state index in [0.29, 0.717) is 0 Å². The number of aromatic nitrogens is 1. The van der Waals surface area contributed by atoms with Gasteiger partial charge in [0.2, 0.25) is 0 Å². The number of rotatable bonds is 3. The zero-order chi connectivity index (χ0) is 19.0. The van der Waals surface area contributed by atoms with Crippen LogP contribution in [0.15, 0.2) is 59.4 Å². The van der Waals surface area contributed by atoms with Gasteiger partial charge in [0.1, 0.15) is 5.56 Å². The van der Waals surface area contributed by atoms with Gasteiger partial charge in [0.05, 0.1) is 11.2 Å². The summed E-state index contributed by atoms with van der Waals surface area (Å²) in [5.74, 6) is -0.713. The SMILES string of the molecule is CN1CCN(c2cccc(-n3c(=O)c(C(N)=O)cc4ccccc43)c2)CC1. The second-order valence-electron chi connectivity index (χ2n) is 6.93. The van der Waals surface area contributed by atoms with Gasteiger partial charge in [0, 0.05) is 31.9 Å². The molecule has 0 spiro atoms. The summed E-state index contributed by atoms with van der Waals surface area (Å²) in [6, 6.07) is 17.0. The number of likely N-dealkylation sites (N-methyl/N-ethyl adjacent to an activating group) is 1. The highest BCUT2D eigenvalue weighted by molar-refractivity contribution is 5.96. The fourth-order valence-corrected chi connectivity index (χ4v) is 3.59. The Morgan fingerprint density at radius 2 is 1.63 bits per heavy atom. The van der Waals surface area contributed by atoms with Crippen LogP contribution < -0.4 is 16.2 Å². The number of piperazine rings is 1. The van der Waals surface area contributed by atoms with E-state index in [-0.39, 0.29) is 5.56 Å². The lowest BCUT2D eigenvalue weighted by Gasteiger charge is -2.34. The number of nitrogens with zero attached hydrogens (tertiary/aromatic N) is 3. The number of benzene rings is 2. The van der Waals surface area contributed by atoms with Crippen LogP contribution in [0.5, 0.6) is 0 Å². The van der Waals surface area contributed by atoms with Crippen molar-refractivity contribution in [3.63, 3.8) is 0 Å². The fraction of sp³-hybridized carbons (Fsp3) is 0.238. The van der Waals surface area contributed by atoms with Gasteiger partial charge in [0.25, 0.3) is 11.5 Å². The molecule has 1 amide bonds. The predicted octanol–water partition coefficient (Wildman–Crippen LogP) is 1.84. The molecule has 0 atom stereocenters. The van der Waals surface area contributed by atoms with Gasteiger partial charge >= 0.3 is 0 Å². The number of nitrogens with two attached hydrogens (primary N) is 1. The first-order valence-electron chi connectivity index (χ1n) is 9.03. The van der Waals surface area contributed by atoms with E-state index in [1.54, 1.807) is 10.6 Å². The van der Waals surface area contributed by atoms with E-state index >= 15 is 0 Å². The van der Waals surface area contributed by atoms with Crippen molar-refractivity contribution in [2.75, 3.05) is 38.1 Å². The van der Waals surface area contributed by atoms with E-state index in [2.05, 4.69) is 22.9 Å². The van der Waals surface area contributed by atoms with Crippen molar-refractivity contribution in [1.82, 2.24) is 9.47 Å². The Balaban J connectivity index is 1.87. The molecule has 1 aromatic heterocycles. The Bertz CT molecular complexity index is 1070. The normalized spacial score (nSPS) is 15.2. The number of pyridine rings is 1.